The first-order valence-electron chi connectivity index (χ1n) is 7.23. The fraction of sp³-hybridized carbons (Fsp3) is 0.714. The Morgan fingerprint density at radius 3 is 2.71 bits per heavy atom. The minimum Gasteiger partial charge on any atom is -0.481 e. The minimum atomic E-state index is -0.940. The van der Waals surface area contributed by atoms with Crippen LogP contribution in [0.25, 0.3) is 0 Å². The first-order chi connectivity index (χ1) is 9.84. The van der Waals surface area contributed by atoms with Crippen LogP contribution in [0, 0.1) is 5.41 Å². The van der Waals surface area contributed by atoms with Crippen LogP contribution >= 0.6 is 0 Å². The van der Waals surface area contributed by atoms with Crippen molar-refractivity contribution in [3.05, 3.63) is 0 Å². The average Bonchev–Trinajstić information content (AvgIpc) is 2.44. The highest BCUT2D eigenvalue weighted by molar-refractivity contribution is 6.39. The molecule has 1 heterocycles. The van der Waals surface area contributed by atoms with Gasteiger partial charge in [0.15, 0.2) is 0 Å². The molecule has 2 N–H and O–H groups in total. The van der Waals surface area contributed by atoms with E-state index >= 15 is 0 Å². The van der Waals surface area contributed by atoms with Gasteiger partial charge in [0.1, 0.15) is 5.71 Å². The minimum absolute atomic E-state index is 0.125. The standard InChI is InChI=1S/C14H21N3O4/c1-14(13(20)21)8-4-3-5-10(14)15-12(19)9-6-7-11(18)17(2)16-9/h10H,3-8H2,1-2H3,(H,15,19)(H,20,21). The van der Waals surface area contributed by atoms with Gasteiger partial charge >= 0.3 is 5.97 Å². The van der Waals surface area contributed by atoms with Crippen molar-refractivity contribution in [1.29, 1.82) is 0 Å². The van der Waals surface area contributed by atoms with Gasteiger partial charge in [0, 0.05) is 25.9 Å². The number of carbonyl (C=O) groups is 3. The fourth-order valence-corrected chi connectivity index (χ4v) is 2.90. The van der Waals surface area contributed by atoms with Crippen LogP contribution in [0.4, 0.5) is 0 Å². The summed E-state index contributed by atoms with van der Waals surface area (Å²) < 4.78 is 0. The Morgan fingerprint density at radius 2 is 2.10 bits per heavy atom. The summed E-state index contributed by atoms with van der Waals surface area (Å²) in [7, 11) is 1.51. The second-order valence-corrected chi connectivity index (χ2v) is 5.96. The van der Waals surface area contributed by atoms with Gasteiger partial charge in [-0.1, -0.05) is 12.8 Å². The molecule has 0 aromatic carbocycles. The van der Waals surface area contributed by atoms with Crippen molar-refractivity contribution >= 4 is 23.5 Å². The van der Waals surface area contributed by atoms with Gasteiger partial charge in [-0.05, 0) is 19.8 Å². The number of aliphatic carboxylic acids is 1. The van der Waals surface area contributed by atoms with Gasteiger partial charge in [-0.25, -0.2) is 5.01 Å². The van der Waals surface area contributed by atoms with Crippen LogP contribution in [-0.2, 0) is 14.4 Å². The topological polar surface area (TPSA) is 99.1 Å². The molecule has 0 bridgehead atoms. The first-order valence-corrected chi connectivity index (χ1v) is 7.23. The van der Waals surface area contributed by atoms with Crippen LogP contribution in [0.3, 0.4) is 0 Å². The highest BCUT2D eigenvalue weighted by Crippen LogP contribution is 2.36. The summed E-state index contributed by atoms with van der Waals surface area (Å²) in [6.07, 6.45) is 3.51. The number of carbonyl (C=O) groups excluding carboxylic acids is 2. The third-order valence-corrected chi connectivity index (χ3v) is 4.47. The Morgan fingerprint density at radius 1 is 1.38 bits per heavy atom. The number of nitrogens with one attached hydrogen (secondary N) is 1. The Balaban J connectivity index is 2.09. The van der Waals surface area contributed by atoms with Crippen molar-refractivity contribution in [3.8, 4) is 0 Å². The molecule has 1 aliphatic carbocycles. The fourth-order valence-electron chi connectivity index (χ4n) is 2.90. The summed E-state index contributed by atoms with van der Waals surface area (Å²) in [4.78, 5) is 35.1. The number of hydrogen-bond donors (Lipinski definition) is 2. The summed E-state index contributed by atoms with van der Waals surface area (Å²) in [5.41, 5.74) is -0.652. The maximum absolute atomic E-state index is 12.3. The van der Waals surface area contributed by atoms with Gasteiger partial charge in [0.2, 0.25) is 5.91 Å². The van der Waals surface area contributed by atoms with Gasteiger partial charge in [-0.3, -0.25) is 14.4 Å². The van der Waals surface area contributed by atoms with E-state index in [-0.39, 0.29) is 23.9 Å². The monoisotopic (exact) mass is 295 g/mol. The van der Waals surface area contributed by atoms with Crippen molar-refractivity contribution in [1.82, 2.24) is 10.3 Å². The van der Waals surface area contributed by atoms with E-state index in [1.54, 1.807) is 6.92 Å². The summed E-state index contributed by atoms with van der Waals surface area (Å²) in [5.74, 6) is -1.38. The lowest BCUT2D eigenvalue weighted by atomic mass is 9.71. The molecule has 7 nitrogen and oxygen atoms in total. The predicted octanol–water partition coefficient (Wildman–Crippen LogP) is 0.744. The number of hydrogen-bond acceptors (Lipinski definition) is 4. The lowest BCUT2D eigenvalue weighted by molar-refractivity contribution is -0.151. The van der Waals surface area contributed by atoms with Crippen molar-refractivity contribution in [2.24, 2.45) is 10.5 Å². The molecule has 2 rings (SSSR count). The normalized spacial score (nSPS) is 29.8. The smallest absolute Gasteiger partial charge is 0.311 e. The molecule has 1 saturated carbocycles. The van der Waals surface area contributed by atoms with Crippen LogP contribution in [-0.4, -0.2) is 46.7 Å². The van der Waals surface area contributed by atoms with Crippen molar-refractivity contribution in [2.45, 2.75) is 51.5 Å². The molecule has 2 unspecified atom stereocenters. The number of carboxylic acids is 1. The lowest BCUT2D eigenvalue weighted by Gasteiger charge is -2.38. The molecule has 2 aliphatic rings. The van der Waals surface area contributed by atoms with Crippen LogP contribution in [0.15, 0.2) is 5.10 Å². The van der Waals surface area contributed by atoms with E-state index in [1.807, 2.05) is 0 Å². The third kappa shape index (κ3) is 3.06. The van der Waals surface area contributed by atoms with E-state index in [1.165, 1.54) is 7.05 Å². The van der Waals surface area contributed by atoms with Gasteiger partial charge in [0.25, 0.3) is 5.91 Å². The molecule has 7 heteroatoms. The summed E-state index contributed by atoms with van der Waals surface area (Å²) >= 11 is 0. The van der Waals surface area contributed by atoms with Crippen LogP contribution in [0.2, 0.25) is 0 Å². The van der Waals surface area contributed by atoms with Gasteiger partial charge in [-0.15, -0.1) is 0 Å². The molecule has 0 aromatic rings. The Kier molecular flexibility index (Phi) is 4.29. The number of nitrogens with zero attached hydrogens (tertiary/aromatic N) is 2. The Labute approximate surface area is 123 Å². The molecule has 2 atom stereocenters. The van der Waals surface area contributed by atoms with Crippen LogP contribution < -0.4 is 5.32 Å². The largest absolute Gasteiger partial charge is 0.481 e. The second-order valence-electron chi connectivity index (χ2n) is 5.96. The Hall–Kier alpha value is -1.92. The van der Waals surface area contributed by atoms with Crippen molar-refractivity contribution < 1.29 is 19.5 Å². The van der Waals surface area contributed by atoms with Gasteiger partial charge < -0.3 is 10.4 Å². The molecule has 0 saturated heterocycles. The zero-order valence-electron chi connectivity index (χ0n) is 12.4. The SMILES string of the molecule is CN1N=C(C(=O)NC2CCCCC2(C)C(=O)O)CCC1=O. The van der Waals surface area contributed by atoms with E-state index in [4.69, 9.17) is 0 Å². The highest BCUT2D eigenvalue weighted by atomic mass is 16.4. The quantitative estimate of drug-likeness (QED) is 0.802. The Bertz CT molecular complexity index is 502. The van der Waals surface area contributed by atoms with E-state index in [9.17, 15) is 19.5 Å². The maximum Gasteiger partial charge on any atom is 0.311 e. The number of amides is 2. The van der Waals surface area contributed by atoms with E-state index in [0.29, 0.717) is 19.3 Å². The summed E-state index contributed by atoms with van der Waals surface area (Å²) in [6.45, 7) is 1.68. The van der Waals surface area contributed by atoms with Crippen molar-refractivity contribution in [3.63, 3.8) is 0 Å². The molecule has 0 aromatic heterocycles. The zero-order valence-corrected chi connectivity index (χ0v) is 12.4. The molecule has 2 amide bonds. The molecule has 1 aliphatic heterocycles. The second kappa shape index (κ2) is 5.83. The molecule has 1 fully saturated rings. The van der Waals surface area contributed by atoms with Gasteiger partial charge in [-0.2, -0.15) is 5.10 Å². The molecule has 116 valence electrons. The molecular formula is C14H21N3O4. The molecule has 21 heavy (non-hydrogen) atoms. The van der Waals surface area contributed by atoms with E-state index < -0.39 is 17.4 Å². The lowest BCUT2D eigenvalue weighted by Crippen LogP contribution is -2.54. The van der Waals surface area contributed by atoms with E-state index in [2.05, 4.69) is 10.4 Å². The third-order valence-electron chi connectivity index (χ3n) is 4.47. The first kappa shape index (κ1) is 15.5. The predicted molar refractivity (Wildman–Crippen MR) is 75.6 cm³/mol. The number of hydrazone groups is 1. The van der Waals surface area contributed by atoms with Gasteiger partial charge in [0.05, 0.1) is 5.41 Å². The molecular weight excluding hydrogens is 274 g/mol. The highest BCUT2D eigenvalue weighted by Gasteiger charge is 2.44. The maximum atomic E-state index is 12.3. The molecule has 0 spiro atoms. The molecule has 0 radical (unpaired) electrons. The zero-order chi connectivity index (χ0) is 15.6. The number of carboxylic acid groups (broad SMARTS) is 1. The summed E-state index contributed by atoms with van der Waals surface area (Å²) in [5, 5.41) is 17.4. The van der Waals surface area contributed by atoms with Crippen molar-refractivity contribution in [2.75, 3.05) is 7.05 Å². The average molecular weight is 295 g/mol. The summed E-state index contributed by atoms with van der Waals surface area (Å²) in [6, 6.07) is -0.401. The number of rotatable bonds is 3. The van der Waals surface area contributed by atoms with Crippen LogP contribution in [0.5, 0.6) is 0 Å². The van der Waals surface area contributed by atoms with Crippen LogP contribution in [0.1, 0.15) is 45.4 Å². The van der Waals surface area contributed by atoms with E-state index in [0.717, 1.165) is 17.9 Å².